The van der Waals surface area contributed by atoms with Crippen LogP contribution in [0.2, 0.25) is 0 Å². The second-order valence-electron chi connectivity index (χ2n) is 4.92. The zero-order valence-corrected chi connectivity index (χ0v) is 11.2. The minimum absolute atomic E-state index is 0.000975. The molecule has 18 heavy (non-hydrogen) atoms. The lowest BCUT2D eigenvalue weighted by Crippen LogP contribution is -2.37. The lowest BCUT2D eigenvalue weighted by molar-refractivity contribution is -0.126. The van der Waals surface area contributed by atoms with E-state index in [9.17, 15) is 9.59 Å². The van der Waals surface area contributed by atoms with E-state index in [0.29, 0.717) is 32.0 Å². The van der Waals surface area contributed by atoms with Crippen molar-refractivity contribution in [1.29, 1.82) is 0 Å². The number of nitrogens with two attached hydrogens (primary N) is 1. The molecule has 1 fully saturated rings. The van der Waals surface area contributed by atoms with Gasteiger partial charge in [-0.1, -0.05) is 13.3 Å². The van der Waals surface area contributed by atoms with Crippen molar-refractivity contribution in [2.75, 3.05) is 19.6 Å². The van der Waals surface area contributed by atoms with Crippen molar-refractivity contribution in [3.63, 3.8) is 0 Å². The Balaban J connectivity index is 2.18. The summed E-state index contributed by atoms with van der Waals surface area (Å²) in [5.74, 6) is 0.429. The molecule has 2 atom stereocenters. The predicted octanol–water partition coefficient (Wildman–Crippen LogP) is 0.394. The van der Waals surface area contributed by atoms with Gasteiger partial charge in [-0.15, -0.1) is 0 Å². The average molecular weight is 255 g/mol. The molecule has 2 amide bonds. The maximum atomic E-state index is 11.9. The van der Waals surface area contributed by atoms with Gasteiger partial charge < -0.3 is 16.4 Å². The fourth-order valence-electron chi connectivity index (χ4n) is 2.45. The summed E-state index contributed by atoms with van der Waals surface area (Å²) in [5.41, 5.74) is 5.65. The van der Waals surface area contributed by atoms with E-state index in [-0.39, 0.29) is 17.7 Å². The molecule has 1 aliphatic carbocycles. The van der Waals surface area contributed by atoms with Crippen molar-refractivity contribution in [1.82, 2.24) is 10.6 Å². The first kappa shape index (κ1) is 15.0. The molecule has 0 bridgehead atoms. The molecule has 104 valence electrons. The maximum absolute atomic E-state index is 11.9. The smallest absolute Gasteiger partial charge is 0.223 e. The molecule has 0 aliphatic heterocycles. The summed E-state index contributed by atoms with van der Waals surface area (Å²) in [7, 11) is 0. The van der Waals surface area contributed by atoms with Gasteiger partial charge in [0.15, 0.2) is 0 Å². The highest BCUT2D eigenvalue weighted by molar-refractivity contribution is 5.80. The van der Waals surface area contributed by atoms with Gasteiger partial charge >= 0.3 is 0 Å². The van der Waals surface area contributed by atoms with Crippen LogP contribution in [0.3, 0.4) is 0 Å². The molecule has 1 aliphatic rings. The molecular weight excluding hydrogens is 230 g/mol. The molecule has 1 rings (SSSR count). The second kappa shape index (κ2) is 8.08. The Hall–Kier alpha value is -1.10. The van der Waals surface area contributed by atoms with Crippen molar-refractivity contribution in [2.24, 2.45) is 17.6 Å². The number of nitrogens with one attached hydrogen (secondary N) is 2. The third-order valence-electron chi connectivity index (χ3n) is 3.52. The lowest BCUT2D eigenvalue weighted by atomic mass is 9.95. The van der Waals surface area contributed by atoms with Crippen LogP contribution in [-0.2, 0) is 9.59 Å². The Labute approximate surface area is 109 Å². The van der Waals surface area contributed by atoms with Gasteiger partial charge in [-0.2, -0.15) is 0 Å². The number of carbonyl (C=O) groups excluding carboxylic acids is 2. The number of hydrogen-bond donors (Lipinski definition) is 3. The van der Waals surface area contributed by atoms with Crippen LogP contribution in [0.5, 0.6) is 0 Å². The summed E-state index contributed by atoms with van der Waals surface area (Å²) in [6, 6.07) is 0. The Morgan fingerprint density at radius 2 is 2.00 bits per heavy atom. The molecule has 0 aromatic rings. The molecule has 0 heterocycles. The second-order valence-corrected chi connectivity index (χ2v) is 4.92. The Kier molecular flexibility index (Phi) is 6.72. The first-order valence-corrected chi connectivity index (χ1v) is 6.93. The summed E-state index contributed by atoms with van der Waals surface area (Å²) in [4.78, 5) is 23.3. The molecule has 0 radical (unpaired) electrons. The van der Waals surface area contributed by atoms with E-state index < -0.39 is 0 Å². The zero-order chi connectivity index (χ0) is 13.4. The van der Waals surface area contributed by atoms with Crippen molar-refractivity contribution in [3.8, 4) is 0 Å². The van der Waals surface area contributed by atoms with Crippen molar-refractivity contribution in [2.45, 2.75) is 39.0 Å². The average Bonchev–Trinajstić information content (AvgIpc) is 2.84. The monoisotopic (exact) mass is 255 g/mol. The van der Waals surface area contributed by atoms with Gasteiger partial charge in [0.2, 0.25) is 11.8 Å². The van der Waals surface area contributed by atoms with Gasteiger partial charge in [0.25, 0.3) is 0 Å². The highest BCUT2D eigenvalue weighted by Gasteiger charge is 2.31. The third-order valence-corrected chi connectivity index (χ3v) is 3.52. The number of carbonyl (C=O) groups is 2. The van der Waals surface area contributed by atoms with Gasteiger partial charge in [0, 0.05) is 25.4 Å². The summed E-state index contributed by atoms with van der Waals surface area (Å²) in [6.45, 7) is 3.71. The van der Waals surface area contributed by atoms with E-state index in [1.165, 1.54) is 0 Å². The quantitative estimate of drug-likeness (QED) is 0.615. The SMILES string of the molecule is CCCNC(=O)CCNC(=O)C1CCCC1CN. The van der Waals surface area contributed by atoms with Crippen LogP contribution >= 0.6 is 0 Å². The van der Waals surface area contributed by atoms with Crippen molar-refractivity contribution >= 4 is 11.8 Å². The van der Waals surface area contributed by atoms with Gasteiger partial charge in [-0.05, 0) is 31.7 Å². The topological polar surface area (TPSA) is 84.2 Å². The minimum atomic E-state index is -0.000975. The molecule has 0 aromatic carbocycles. The van der Waals surface area contributed by atoms with Crippen molar-refractivity contribution in [3.05, 3.63) is 0 Å². The number of rotatable bonds is 7. The van der Waals surface area contributed by atoms with Gasteiger partial charge in [-0.25, -0.2) is 0 Å². The Morgan fingerprint density at radius 3 is 2.67 bits per heavy atom. The van der Waals surface area contributed by atoms with Gasteiger partial charge in [-0.3, -0.25) is 9.59 Å². The molecule has 0 spiro atoms. The first-order valence-electron chi connectivity index (χ1n) is 6.93. The summed E-state index contributed by atoms with van der Waals surface area (Å²) < 4.78 is 0. The highest BCUT2D eigenvalue weighted by atomic mass is 16.2. The fourth-order valence-corrected chi connectivity index (χ4v) is 2.45. The summed E-state index contributed by atoms with van der Waals surface area (Å²) in [5, 5.41) is 5.63. The van der Waals surface area contributed by atoms with Crippen LogP contribution in [0.25, 0.3) is 0 Å². The normalized spacial score (nSPS) is 22.8. The molecule has 5 heteroatoms. The van der Waals surface area contributed by atoms with E-state index in [0.717, 1.165) is 25.7 Å². The molecule has 4 N–H and O–H groups in total. The van der Waals surface area contributed by atoms with E-state index in [4.69, 9.17) is 5.73 Å². The van der Waals surface area contributed by atoms with Crippen LogP contribution in [0.1, 0.15) is 39.0 Å². The molecule has 2 unspecified atom stereocenters. The largest absolute Gasteiger partial charge is 0.356 e. The van der Waals surface area contributed by atoms with Crippen LogP contribution in [0.15, 0.2) is 0 Å². The van der Waals surface area contributed by atoms with E-state index >= 15 is 0 Å². The Morgan fingerprint density at radius 1 is 1.22 bits per heavy atom. The minimum Gasteiger partial charge on any atom is -0.356 e. The maximum Gasteiger partial charge on any atom is 0.223 e. The number of hydrogen-bond acceptors (Lipinski definition) is 3. The predicted molar refractivity (Wildman–Crippen MR) is 70.8 cm³/mol. The zero-order valence-electron chi connectivity index (χ0n) is 11.2. The van der Waals surface area contributed by atoms with Crippen molar-refractivity contribution < 1.29 is 9.59 Å². The molecule has 5 nitrogen and oxygen atoms in total. The van der Waals surface area contributed by atoms with Crippen LogP contribution < -0.4 is 16.4 Å². The van der Waals surface area contributed by atoms with E-state index in [1.807, 2.05) is 6.92 Å². The van der Waals surface area contributed by atoms with E-state index in [1.54, 1.807) is 0 Å². The fraction of sp³-hybridized carbons (Fsp3) is 0.846. The highest BCUT2D eigenvalue weighted by Crippen LogP contribution is 2.30. The summed E-state index contributed by atoms with van der Waals surface area (Å²) in [6.07, 6.45) is 4.34. The number of amides is 2. The third kappa shape index (κ3) is 4.64. The molecule has 1 saturated carbocycles. The van der Waals surface area contributed by atoms with E-state index in [2.05, 4.69) is 10.6 Å². The van der Waals surface area contributed by atoms with Crippen LogP contribution in [-0.4, -0.2) is 31.4 Å². The van der Waals surface area contributed by atoms with Crippen LogP contribution in [0, 0.1) is 11.8 Å². The van der Waals surface area contributed by atoms with Gasteiger partial charge in [0.1, 0.15) is 0 Å². The lowest BCUT2D eigenvalue weighted by Gasteiger charge is -2.17. The first-order chi connectivity index (χ1) is 8.69. The summed E-state index contributed by atoms with van der Waals surface area (Å²) >= 11 is 0. The van der Waals surface area contributed by atoms with Gasteiger partial charge in [0.05, 0.1) is 0 Å². The molecule has 0 saturated heterocycles. The standard InChI is InChI=1S/C13H25N3O2/c1-2-7-15-12(17)6-8-16-13(18)11-5-3-4-10(11)9-14/h10-11H,2-9,14H2,1H3,(H,15,17)(H,16,18). The molecule has 0 aromatic heterocycles. The molecular formula is C13H25N3O2. The van der Waals surface area contributed by atoms with Crippen LogP contribution in [0.4, 0.5) is 0 Å². The Bertz CT molecular complexity index is 281.